The van der Waals surface area contributed by atoms with Gasteiger partial charge in [0.25, 0.3) is 11.8 Å². The Morgan fingerprint density at radius 3 is 2.77 bits per heavy atom. The Hall–Kier alpha value is -3.76. The van der Waals surface area contributed by atoms with Gasteiger partial charge < -0.3 is 25.0 Å². The molecule has 2 heterocycles. The largest absolute Gasteiger partial charge is 0.503 e. The minimum absolute atomic E-state index is 0.0324. The topological polar surface area (TPSA) is 127 Å². The number of hydrogen-bond acceptors (Lipinski definition) is 6. The van der Waals surface area contributed by atoms with Crippen molar-refractivity contribution in [2.45, 2.75) is 32.5 Å². The van der Waals surface area contributed by atoms with Crippen LogP contribution in [0.1, 0.15) is 39.8 Å². The third-order valence-corrected chi connectivity index (χ3v) is 4.66. The van der Waals surface area contributed by atoms with Crippen LogP contribution in [0.2, 0.25) is 0 Å². The van der Waals surface area contributed by atoms with Crippen molar-refractivity contribution in [2.24, 2.45) is 0 Å². The molecule has 2 amide bonds. The standard InChI is InChI=1S/C20H19F2N3O6/c1-10-4-5-31-15(26)9-25-8-13(17(27)18(28)16(25)20(30)24-10)19(29)23-7-11-2-3-12(21)6-14(11)22/h2-3,6,8,10,28H,4-5,7,9H2,1H3,(H,23,29)(H,24,30). The van der Waals surface area contributed by atoms with Gasteiger partial charge in [-0.25, -0.2) is 8.78 Å². The maximum Gasteiger partial charge on any atom is 0.325 e. The lowest BCUT2D eigenvalue weighted by Gasteiger charge is -2.20. The van der Waals surface area contributed by atoms with Gasteiger partial charge in [-0.2, -0.15) is 0 Å². The van der Waals surface area contributed by atoms with Gasteiger partial charge in [-0.3, -0.25) is 19.2 Å². The molecule has 2 aromatic rings. The van der Waals surface area contributed by atoms with Gasteiger partial charge in [0, 0.05) is 36.8 Å². The van der Waals surface area contributed by atoms with Crippen LogP contribution in [0.4, 0.5) is 8.78 Å². The van der Waals surface area contributed by atoms with E-state index in [9.17, 15) is 33.1 Å². The molecule has 1 atom stereocenters. The van der Waals surface area contributed by atoms with Crippen LogP contribution in [0, 0.1) is 11.6 Å². The van der Waals surface area contributed by atoms with E-state index in [0.717, 1.165) is 22.9 Å². The summed E-state index contributed by atoms with van der Waals surface area (Å²) in [5.41, 5.74) is -2.24. The summed E-state index contributed by atoms with van der Waals surface area (Å²) in [6.45, 7) is 0.812. The van der Waals surface area contributed by atoms with Crippen LogP contribution in [0.3, 0.4) is 0 Å². The molecule has 1 aromatic carbocycles. The third kappa shape index (κ3) is 4.87. The monoisotopic (exact) mass is 435 g/mol. The number of fused-ring (bicyclic) bond motifs is 1. The molecule has 1 aliphatic rings. The zero-order valence-corrected chi connectivity index (χ0v) is 16.4. The number of esters is 1. The zero-order valence-electron chi connectivity index (χ0n) is 16.4. The van der Waals surface area contributed by atoms with Gasteiger partial charge in [-0.1, -0.05) is 6.07 Å². The first-order valence-corrected chi connectivity index (χ1v) is 9.32. The van der Waals surface area contributed by atoms with E-state index >= 15 is 0 Å². The van der Waals surface area contributed by atoms with E-state index in [0.29, 0.717) is 12.5 Å². The second-order valence-electron chi connectivity index (χ2n) is 7.00. The quantitative estimate of drug-likeness (QED) is 0.613. The number of ether oxygens (including phenoxy) is 1. The lowest BCUT2D eigenvalue weighted by molar-refractivity contribution is -0.144. The third-order valence-electron chi connectivity index (χ3n) is 4.66. The summed E-state index contributed by atoms with van der Waals surface area (Å²) < 4.78 is 32.7. The molecular formula is C20H19F2N3O6. The molecule has 31 heavy (non-hydrogen) atoms. The first-order chi connectivity index (χ1) is 14.7. The highest BCUT2D eigenvalue weighted by Crippen LogP contribution is 2.16. The first-order valence-electron chi connectivity index (χ1n) is 9.32. The van der Waals surface area contributed by atoms with Crippen molar-refractivity contribution < 1.29 is 33.0 Å². The van der Waals surface area contributed by atoms with Crippen LogP contribution in [0.25, 0.3) is 0 Å². The molecule has 0 spiro atoms. The average Bonchev–Trinajstić information content (AvgIpc) is 2.69. The number of cyclic esters (lactones) is 1. The van der Waals surface area contributed by atoms with Crippen LogP contribution in [-0.2, 0) is 22.6 Å². The van der Waals surface area contributed by atoms with Gasteiger partial charge >= 0.3 is 5.97 Å². The van der Waals surface area contributed by atoms with Crippen molar-refractivity contribution >= 4 is 17.8 Å². The van der Waals surface area contributed by atoms with E-state index in [4.69, 9.17) is 4.74 Å². The highest BCUT2D eigenvalue weighted by atomic mass is 19.1. The van der Waals surface area contributed by atoms with Crippen LogP contribution >= 0.6 is 0 Å². The Kier molecular flexibility index (Phi) is 6.33. The molecule has 1 aliphatic heterocycles. The zero-order chi connectivity index (χ0) is 22.7. The minimum Gasteiger partial charge on any atom is -0.503 e. The number of pyridine rings is 1. The van der Waals surface area contributed by atoms with Gasteiger partial charge in [0.1, 0.15) is 23.7 Å². The fraction of sp³-hybridized carbons (Fsp3) is 0.300. The van der Waals surface area contributed by atoms with Crippen LogP contribution in [-0.4, -0.2) is 40.1 Å². The molecule has 0 aliphatic carbocycles. The van der Waals surface area contributed by atoms with Crippen molar-refractivity contribution in [1.29, 1.82) is 0 Å². The van der Waals surface area contributed by atoms with Gasteiger partial charge in [-0.05, 0) is 13.0 Å². The predicted molar refractivity (Wildman–Crippen MR) is 102 cm³/mol. The summed E-state index contributed by atoms with van der Waals surface area (Å²) in [7, 11) is 0. The molecule has 0 fully saturated rings. The van der Waals surface area contributed by atoms with Crippen molar-refractivity contribution in [2.75, 3.05) is 6.61 Å². The van der Waals surface area contributed by atoms with Gasteiger partial charge in [0.05, 0.1) is 6.61 Å². The fourth-order valence-corrected chi connectivity index (χ4v) is 3.01. The maximum absolute atomic E-state index is 13.8. The predicted octanol–water partition coefficient (Wildman–Crippen LogP) is 0.827. The number of carbonyl (C=O) groups excluding carboxylic acids is 3. The maximum atomic E-state index is 13.8. The highest BCUT2D eigenvalue weighted by Gasteiger charge is 2.27. The molecule has 1 aromatic heterocycles. The van der Waals surface area contributed by atoms with E-state index in [1.54, 1.807) is 6.92 Å². The SMILES string of the molecule is CC1CCOC(=O)Cn2cc(C(=O)NCc3ccc(F)cc3F)c(=O)c(O)c2C(=O)N1. The summed E-state index contributed by atoms with van der Waals surface area (Å²) in [5.74, 6) is -5.21. The molecule has 1 unspecified atom stereocenters. The van der Waals surface area contributed by atoms with Crippen LogP contribution < -0.4 is 16.1 Å². The lowest BCUT2D eigenvalue weighted by atomic mass is 10.1. The van der Waals surface area contributed by atoms with E-state index in [1.807, 2.05) is 0 Å². The number of nitrogens with zero attached hydrogens (tertiary/aromatic N) is 1. The fourth-order valence-electron chi connectivity index (χ4n) is 3.01. The number of carbonyl (C=O) groups is 3. The smallest absolute Gasteiger partial charge is 0.325 e. The summed E-state index contributed by atoms with van der Waals surface area (Å²) in [6, 6.07) is 2.37. The average molecular weight is 435 g/mol. The number of nitrogens with one attached hydrogen (secondary N) is 2. The van der Waals surface area contributed by atoms with Crippen molar-refractivity contribution in [1.82, 2.24) is 15.2 Å². The summed E-state index contributed by atoms with van der Waals surface area (Å²) in [6.07, 6.45) is 1.28. The summed E-state index contributed by atoms with van der Waals surface area (Å²) in [4.78, 5) is 49.6. The van der Waals surface area contributed by atoms with E-state index < -0.39 is 64.4 Å². The molecule has 11 heteroatoms. The molecule has 3 rings (SSSR count). The van der Waals surface area contributed by atoms with Crippen molar-refractivity contribution in [3.8, 4) is 5.75 Å². The van der Waals surface area contributed by atoms with Crippen molar-refractivity contribution in [3.63, 3.8) is 0 Å². The molecule has 3 N–H and O–H groups in total. The minimum atomic E-state index is -1.14. The number of rotatable bonds is 3. The number of amides is 2. The lowest BCUT2D eigenvalue weighted by Crippen LogP contribution is -2.39. The summed E-state index contributed by atoms with van der Waals surface area (Å²) >= 11 is 0. The number of benzene rings is 1. The van der Waals surface area contributed by atoms with Gasteiger partial charge in [-0.15, -0.1) is 0 Å². The molecule has 0 radical (unpaired) electrons. The Balaban J connectivity index is 1.94. The number of halogens is 2. The van der Waals surface area contributed by atoms with Crippen LogP contribution in [0.5, 0.6) is 5.75 Å². The molecule has 164 valence electrons. The second kappa shape index (κ2) is 8.94. The second-order valence-corrected chi connectivity index (χ2v) is 7.00. The van der Waals surface area contributed by atoms with Crippen molar-refractivity contribution in [3.05, 3.63) is 63.1 Å². The number of aromatic hydroxyl groups is 1. The normalized spacial score (nSPS) is 16.7. The van der Waals surface area contributed by atoms with E-state index in [1.165, 1.54) is 0 Å². The molecule has 9 nitrogen and oxygen atoms in total. The van der Waals surface area contributed by atoms with Gasteiger partial charge in [0.2, 0.25) is 5.43 Å². The van der Waals surface area contributed by atoms with Gasteiger partial charge in [0.15, 0.2) is 11.4 Å². The van der Waals surface area contributed by atoms with E-state index in [-0.39, 0.29) is 18.7 Å². The van der Waals surface area contributed by atoms with Crippen LogP contribution in [0.15, 0.2) is 29.2 Å². The Morgan fingerprint density at radius 1 is 1.32 bits per heavy atom. The molecule has 0 bridgehead atoms. The number of hydrogen-bond donors (Lipinski definition) is 3. The highest BCUT2D eigenvalue weighted by molar-refractivity contribution is 5.99. The Morgan fingerprint density at radius 2 is 2.06 bits per heavy atom. The molecule has 0 saturated heterocycles. The Bertz CT molecular complexity index is 1110. The molecule has 0 saturated carbocycles. The first kappa shape index (κ1) is 21.9. The van der Waals surface area contributed by atoms with E-state index in [2.05, 4.69) is 10.6 Å². The Labute approximate surface area is 174 Å². The summed E-state index contributed by atoms with van der Waals surface area (Å²) in [5, 5.41) is 15.2. The molecular weight excluding hydrogens is 416 g/mol. The number of aromatic nitrogens is 1.